The summed E-state index contributed by atoms with van der Waals surface area (Å²) in [6, 6.07) is 11.8. The smallest absolute Gasteiger partial charge is 0.261 e. The second-order valence-electron chi connectivity index (χ2n) is 7.32. The summed E-state index contributed by atoms with van der Waals surface area (Å²) < 4.78 is 38.1. The van der Waals surface area contributed by atoms with E-state index >= 15 is 0 Å². The van der Waals surface area contributed by atoms with Crippen molar-refractivity contribution in [3.63, 3.8) is 0 Å². The average Bonchev–Trinajstić information content (AvgIpc) is 3.20. The molecule has 2 heterocycles. The van der Waals surface area contributed by atoms with Crippen molar-refractivity contribution in [1.82, 2.24) is 9.88 Å². The van der Waals surface area contributed by atoms with Crippen LogP contribution in [0.1, 0.15) is 42.5 Å². The van der Waals surface area contributed by atoms with Gasteiger partial charge in [-0.2, -0.15) is 0 Å². The SMILES string of the molecule is O=C(COc1cccc(F)c1)N1CCCC[C@H]1c1ncc(Cc2cccc(F)c2)o1. The molecule has 2 aromatic carbocycles. The van der Waals surface area contributed by atoms with Crippen LogP contribution in [0.2, 0.25) is 0 Å². The van der Waals surface area contributed by atoms with Gasteiger partial charge in [0, 0.05) is 19.0 Å². The number of amides is 1. The number of likely N-dealkylation sites (tertiary alicyclic amines) is 1. The number of benzene rings is 2. The number of aromatic nitrogens is 1. The molecule has 1 atom stereocenters. The van der Waals surface area contributed by atoms with Crippen LogP contribution < -0.4 is 4.74 Å². The Kier molecular flexibility index (Phi) is 6.07. The Labute approximate surface area is 173 Å². The largest absolute Gasteiger partial charge is 0.484 e. The minimum absolute atomic E-state index is 0.184. The molecule has 1 aliphatic rings. The van der Waals surface area contributed by atoms with Gasteiger partial charge in [0.1, 0.15) is 29.2 Å². The number of carbonyl (C=O) groups excluding carboxylic acids is 1. The highest BCUT2D eigenvalue weighted by Crippen LogP contribution is 2.31. The molecule has 3 aromatic rings. The Morgan fingerprint density at radius 2 is 1.93 bits per heavy atom. The first-order chi connectivity index (χ1) is 14.6. The van der Waals surface area contributed by atoms with Crippen molar-refractivity contribution in [2.45, 2.75) is 31.7 Å². The molecule has 1 amide bonds. The minimum Gasteiger partial charge on any atom is -0.484 e. The van der Waals surface area contributed by atoms with Gasteiger partial charge in [-0.25, -0.2) is 13.8 Å². The third kappa shape index (κ3) is 4.84. The lowest BCUT2D eigenvalue weighted by atomic mass is 10.0. The first kappa shape index (κ1) is 20.1. The monoisotopic (exact) mass is 412 g/mol. The van der Waals surface area contributed by atoms with Crippen LogP contribution >= 0.6 is 0 Å². The van der Waals surface area contributed by atoms with Crippen molar-refractivity contribution in [2.75, 3.05) is 13.2 Å². The lowest BCUT2D eigenvalue weighted by Crippen LogP contribution is -2.41. The van der Waals surface area contributed by atoms with E-state index in [9.17, 15) is 13.6 Å². The Morgan fingerprint density at radius 1 is 1.13 bits per heavy atom. The normalized spacial score (nSPS) is 16.5. The van der Waals surface area contributed by atoms with Gasteiger partial charge in [-0.15, -0.1) is 0 Å². The molecule has 7 heteroatoms. The summed E-state index contributed by atoms with van der Waals surface area (Å²) in [7, 11) is 0. The molecule has 156 valence electrons. The maximum Gasteiger partial charge on any atom is 0.261 e. The van der Waals surface area contributed by atoms with Crippen LogP contribution in [0.15, 0.2) is 59.1 Å². The van der Waals surface area contributed by atoms with Crippen molar-refractivity contribution < 1.29 is 22.7 Å². The molecule has 30 heavy (non-hydrogen) atoms. The second-order valence-corrected chi connectivity index (χ2v) is 7.32. The number of hydrogen-bond donors (Lipinski definition) is 0. The number of piperidine rings is 1. The highest BCUT2D eigenvalue weighted by molar-refractivity contribution is 5.78. The number of carbonyl (C=O) groups is 1. The first-order valence-corrected chi connectivity index (χ1v) is 9.95. The van der Waals surface area contributed by atoms with Gasteiger partial charge in [-0.05, 0) is 49.1 Å². The fraction of sp³-hybridized carbons (Fsp3) is 0.304. The van der Waals surface area contributed by atoms with E-state index in [4.69, 9.17) is 9.15 Å². The maximum absolute atomic E-state index is 13.4. The first-order valence-electron chi connectivity index (χ1n) is 9.95. The van der Waals surface area contributed by atoms with E-state index in [1.54, 1.807) is 23.2 Å². The summed E-state index contributed by atoms with van der Waals surface area (Å²) in [6.45, 7) is 0.397. The van der Waals surface area contributed by atoms with Crippen molar-refractivity contribution in [1.29, 1.82) is 0 Å². The molecule has 0 N–H and O–H groups in total. The summed E-state index contributed by atoms with van der Waals surface area (Å²) in [5.41, 5.74) is 0.790. The second kappa shape index (κ2) is 9.07. The van der Waals surface area contributed by atoms with Gasteiger partial charge in [0.2, 0.25) is 5.89 Å². The van der Waals surface area contributed by atoms with E-state index in [-0.39, 0.29) is 24.4 Å². The highest BCUT2D eigenvalue weighted by atomic mass is 19.1. The van der Waals surface area contributed by atoms with Gasteiger partial charge < -0.3 is 14.1 Å². The predicted molar refractivity (Wildman–Crippen MR) is 106 cm³/mol. The zero-order valence-electron chi connectivity index (χ0n) is 16.4. The molecule has 0 saturated carbocycles. The molecular weight excluding hydrogens is 390 g/mol. The van der Waals surface area contributed by atoms with E-state index in [1.165, 1.54) is 30.3 Å². The standard InChI is InChI=1S/C23H22F2N2O3/c24-17-6-3-5-16(11-17)12-20-14-26-23(30-20)21-9-1-2-10-27(21)22(28)15-29-19-8-4-7-18(25)13-19/h3-8,11,13-14,21H,1-2,9-10,12,15H2/t21-/m0/s1. The van der Waals surface area contributed by atoms with Crippen molar-refractivity contribution in [3.05, 3.63) is 83.6 Å². The fourth-order valence-electron chi connectivity index (χ4n) is 3.68. The molecule has 0 unspecified atom stereocenters. The summed E-state index contributed by atoms with van der Waals surface area (Å²) >= 11 is 0. The van der Waals surface area contributed by atoms with E-state index in [0.717, 1.165) is 24.8 Å². The molecule has 0 bridgehead atoms. The van der Waals surface area contributed by atoms with Gasteiger partial charge in [-0.3, -0.25) is 4.79 Å². The number of oxazole rings is 1. The molecule has 1 aliphatic heterocycles. The van der Waals surface area contributed by atoms with E-state index in [1.807, 2.05) is 6.07 Å². The zero-order chi connectivity index (χ0) is 20.9. The Bertz CT molecular complexity index is 1020. The minimum atomic E-state index is -0.415. The number of rotatable bonds is 6. The van der Waals surface area contributed by atoms with Crippen LogP contribution in [-0.4, -0.2) is 28.9 Å². The summed E-state index contributed by atoms with van der Waals surface area (Å²) in [5.74, 6) is 0.486. The lowest BCUT2D eigenvalue weighted by molar-refractivity contribution is -0.137. The molecule has 4 rings (SSSR count). The average molecular weight is 412 g/mol. The van der Waals surface area contributed by atoms with Gasteiger partial charge in [0.05, 0.1) is 6.20 Å². The third-order valence-electron chi connectivity index (χ3n) is 5.11. The van der Waals surface area contributed by atoms with Crippen LogP contribution in [0.3, 0.4) is 0 Å². The summed E-state index contributed by atoms with van der Waals surface area (Å²) in [4.78, 5) is 18.9. The van der Waals surface area contributed by atoms with Crippen molar-refractivity contribution in [3.8, 4) is 5.75 Å². The topological polar surface area (TPSA) is 55.6 Å². The Hall–Kier alpha value is -3.22. The maximum atomic E-state index is 13.4. The summed E-state index contributed by atoms with van der Waals surface area (Å²) in [5, 5.41) is 0. The molecule has 5 nitrogen and oxygen atoms in total. The van der Waals surface area contributed by atoms with E-state index in [2.05, 4.69) is 4.98 Å². The van der Waals surface area contributed by atoms with Crippen molar-refractivity contribution in [2.24, 2.45) is 0 Å². The molecule has 1 aromatic heterocycles. The van der Waals surface area contributed by atoms with Gasteiger partial charge >= 0.3 is 0 Å². The van der Waals surface area contributed by atoms with Gasteiger partial charge in [0.15, 0.2) is 6.61 Å². The highest BCUT2D eigenvalue weighted by Gasteiger charge is 2.31. The fourth-order valence-corrected chi connectivity index (χ4v) is 3.68. The molecular formula is C23H22F2N2O3. The number of halogens is 2. The van der Waals surface area contributed by atoms with E-state index in [0.29, 0.717) is 30.4 Å². The van der Waals surface area contributed by atoms with Crippen LogP contribution in [0.5, 0.6) is 5.75 Å². The zero-order valence-corrected chi connectivity index (χ0v) is 16.4. The molecule has 1 saturated heterocycles. The van der Waals surface area contributed by atoms with Crippen LogP contribution in [0.25, 0.3) is 0 Å². The molecule has 0 aliphatic carbocycles. The molecule has 0 radical (unpaired) electrons. The van der Waals surface area contributed by atoms with Gasteiger partial charge in [-0.1, -0.05) is 18.2 Å². The van der Waals surface area contributed by atoms with Crippen LogP contribution in [0, 0.1) is 11.6 Å². The molecule has 1 fully saturated rings. The summed E-state index contributed by atoms with van der Waals surface area (Å²) in [6.07, 6.45) is 4.64. The Morgan fingerprint density at radius 3 is 2.73 bits per heavy atom. The lowest BCUT2D eigenvalue weighted by Gasteiger charge is -2.33. The number of hydrogen-bond acceptors (Lipinski definition) is 4. The van der Waals surface area contributed by atoms with E-state index < -0.39 is 5.82 Å². The van der Waals surface area contributed by atoms with Crippen LogP contribution in [0.4, 0.5) is 8.78 Å². The number of nitrogens with zero attached hydrogens (tertiary/aromatic N) is 2. The predicted octanol–water partition coefficient (Wildman–Crippen LogP) is 4.68. The van der Waals surface area contributed by atoms with Crippen molar-refractivity contribution >= 4 is 5.91 Å². The molecule has 0 spiro atoms. The number of ether oxygens (including phenoxy) is 1. The van der Waals surface area contributed by atoms with Gasteiger partial charge in [0.25, 0.3) is 5.91 Å². The third-order valence-corrected chi connectivity index (χ3v) is 5.11. The van der Waals surface area contributed by atoms with Crippen LogP contribution in [-0.2, 0) is 11.2 Å². The quantitative estimate of drug-likeness (QED) is 0.590. The Balaban J connectivity index is 1.43.